The summed E-state index contributed by atoms with van der Waals surface area (Å²) in [5, 5.41) is 0. The predicted molar refractivity (Wildman–Crippen MR) is 80.8 cm³/mol. The quantitative estimate of drug-likeness (QED) is 0.784. The Morgan fingerprint density at radius 2 is 1.76 bits per heavy atom. The molecule has 3 rings (SSSR count). The van der Waals surface area contributed by atoms with Crippen molar-refractivity contribution in [2.75, 3.05) is 14.1 Å². The minimum atomic E-state index is -0.444. The maximum absolute atomic E-state index is 14.1. The Balaban J connectivity index is 2.24. The number of hydrogen-bond donors (Lipinski definition) is 0. The van der Waals surface area contributed by atoms with Gasteiger partial charge in [-0.15, -0.1) is 0 Å². The number of Topliss-reactive ketones (excluding diaryl/α,β-unsaturated/α-hetero) is 1. The number of fused-ring (bicyclic) bond motifs is 1. The normalized spacial score (nSPS) is 18.9. The molecule has 0 unspecified atom stereocenters. The van der Waals surface area contributed by atoms with E-state index in [4.69, 9.17) is 0 Å². The van der Waals surface area contributed by atoms with E-state index in [0.29, 0.717) is 5.57 Å². The van der Waals surface area contributed by atoms with Crippen molar-refractivity contribution in [3.8, 4) is 0 Å². The molecule has 0 radical (unpaired) electrons. The lowest BCUT2D eigenvalue weighted by Crippen LogP contribution is -2.09. The Hall–Kier alpha value is -2.42. The Kier molecular flexibility index (Phi) is 3.34. The van der Waals surface area contributed by atoms with Crippen LogP contribution in [0.5, 0.6) is 0 Å². The highest BCUT2D eigenvalue weighted by Gasteiger charge is 2.37. The summed E-state index contributed by atoms with van der Waals surface area (Å²) in [6, 6.07) is 14.6. The molecule has 0 aromatic heterocycles. The molecule has 1 aliphatic carbocycles. The first kappa shape index (κ1) is 13.6. The van der Waals surface area contributed by atoms with Gasteiger partial charge in [0.25, 0.3) is 0 Å². The summed E-state index contributed by atoms with van der Waals surface area (Å²) in [5.41, 5.74) is 2.58. The van der Waals surface area contributed by atoms with Crippen LogP contribution in [0.25, 0.3) is 0 Å². The minimum absolute atomic E-state index is 0.202. The molecule has 2 nitrogen and oxygen atoms in total. The smallest absolute Gasteiger partial charge is 0.194 e. The zero-order valence-corrected chi connectivity index (χ0v) is 12.0. The molecule has 21 heavy (non-hydrogen) atoms. The lowest BCUT2D eigenvalue weighted by Gasteiger charge is -2.15. The molecule has 0 heterocycles. The second kappa shape index (κ2) is 5.17. The van der Waals surface area contributed by atoms with Crippen molar-refractivity contribution in [1.82, 2.24) is 4.90 Å². The van der Waals surface area contributed by atoms with Crippen molar-refractivity contribution in [2.24, 2.45) is 0 Å². The molecule has 3 heteroatoms. The molecule has 0 saturated heterocycles. The molecular weight excluding hydrogens is 265 g/mol. The number of nitrogens with zero attached hydrogens (tertiary/aromatic N) is 1. The molecule has 2 aromatic carbocycles. The topological polar surface area (TPSA) is 20.3 Å². The van der Waals surface area contributed by atoms with Gasteiger partial charge in [-0.1, -0.05) is 42.5 Å². The Labute approximate surface area is 123 Å². The molecule has 106 valence electrons. The molecule has 2 aromatic rings. The fourth-order valence-electron chi connectivity index (χ4n) is 2.88. The van der Waals surface area contributed by atoms with E-state index in [1.165, 1.54) is 6.07 Å². The van der Waals surface area contributed by atoms with Crippen LogP contribution in [0.2, 0.25) is 0 Å². The van der Waals surface area contributed by atoms with Crippen molar-refractivity contribution in [2.45, 2.75) is 5.92 Å². The molecule has 0 spiro atoms. The van der Waals surface area contributed by atoms with E-state index >= 15 is 0 Å². The average molecular weight is 281 g/mol. The molecule has 0 saturated carbocycles. The van der Waals surface area contributed by atoms with Crippen LogP contribution in [0, 0.1) is 5.82 Å². The summed E-state index contributed by atoms with van der Waals surface area (Å²) < 4.78 is 14.1. The van der Waals surface area contributed by atoms with E-state index in [0.717, 1.165) is 11.1 Å². The number of benzene rings is 2. The lowest BCUT2D eigenvalue weighted by molar-refractivity contribution is 0.103. The Bertz CT molecular complexity index is 719. The van der Waals surface area contributed by atoms with E-state index in [9.17, 15) is 9.18 Å². The van der Waals surface area contributed by atoms with Crippen LogP contribution in [-0.2, 0) is 0 Å². The maximum Gasteiger partial charge on any atom is 0.194 e. The average Bonchev–Trinajstić information content (AvgIpc) is 2.73. The van der Waals surface area contributed by atoms with Crippen molar-refractivity contribution in [1.29, 1.82) is 0 Å². The van der Waals surface area contributed by atoms with E-state index in [1.807, 2.05) is 55.4 Å². The first-order chi connectivity index (χ1) is 10.1. The third-order valence-electron chi connectivity index (χ3n) is 3.69. The number of rotatable bonds is 2. The number of carbonyl (C=O) groups is 1. The summed E-state index contributed by atoms with van der Waals surface area (Å²) in [5.74, 6) is -0.863. The number of ketones is 1. The third-order valence-corrected chi connectivity index (χ3v) is 3.69. The van der Waals surface area contributed by atoms with Gasteiger partial charge in [0.2, 0.25) is 0 Å². The van der Waals surface area contributed by atoms with Gasteiger partial charge in [0.05, 0.1) is 5.56 Å². The van der Waals surface area contributed by atoms with E-state index in [1.54, 1.807) is 12.3 Å². The van der Waals surface area contributed by atoms with Gasteiger partial charge in [-0.05, 0) is 17.2 Å². The number of carbonyl (C=O) groups excluding carboxylic acids is 1. The fourth-order valence-corrected chi connectivity index (χ4v) is 2.88. The molecule has 0 bridgehead atoms. The minimum Gasteiger partial charge on any atom is -0.383 e. The van der Waals surface area contributed by atoms with Crippen LogP contribution < -0.4 is 0 Å². The zero-order chi connectivity index (χ0) is 15.0. The predicted octanol–water partition coefficient (Wildman–Crippen LogP) is 3.60. The molecule has 1 atom stereocenters. The molecule has 0 aliphatic heterocycles. The zero-order valence-electron chi connectivity index (χ0n) is 12.0. The monoisotopic (exact) mass is 281 g/mol. The van der Waals surface area contributed by atoms with Gasteiger partial charge in [0.1, 0.15) is 5.82 Å². The van der Waals surface area contributed by atoms with Crippen LogP contribution >= 0.6 is 0 Å². The highest BCUT2D eigenvalue weighted by atomic mass is 19.1. The number of halogens is 1. The largest absolute Gasteiger partial charge is 0.383 e. The SMILES string of the molecule is CN(C)/C=C1\C(=O)c2c(F)cccc2[C@H]1c1ccccc1. The second-order valence-corrected chi connectivity index (χ2v) is 5.42. The van der Waals surface area contributed by atoms with Gasteiger partial charge in [0, 0.05) is 31.8 Å². The first-order valence-corrected chi connectivity index (χ1v) is 6.86. The summed E-state index contributed by atoms with van der Waals surface area (Å²) in [6.07, 6.45) is 1.79. The van der Waals surface area contributed by atoms with Crippen molar-refractivity contribution in [3.05, 3.63) is 82.8 Å². The van der Waals surface area contributed by atoms with Crippen molar-refractivity contribution >= 4 is 5.78 Å². The highest BCUT2D eigenvalue weighted by molar-refractivity contribution is 6.15. The van der Waals surface area contributed by atoms with Crippen LogP contribution in [0.3, 0.4) is 0 Å². The molecular formula is C18H16FNO. The fraction of sp³-hybridized carbons (Fsp3) is 0.167. The molecule has 0 fully saturated rings. The van der Waals surface area contributed by atoms with E-state index in [2.05, 4.69) is 0 Å². The first-order valence-electron chi connectivity index (χ1n) is 6.86. The molecule has 1 aliphatic rings. The lowest BCUT2D eigenvalue weighted by atomic mass is 9.90. The Morgan fingerprint density at radius 3 is 2.43 bits per heavy atom. The maximum atomic E-state index is 14.1. The van der Waals surface area contributed by atoms with E-state index < -0.39 is 5.82 Å². The second-order valence-electron chi connectivity index (χ2n) is 5.42. The van der Waals surface area contributed by atoms with Gasteiger partial charge < -0.3 is 4.90 Å². The Morgan fingerprint density at radius 1 is 1.05 bits per heavy atom. The van der Waals surface area contributed by atoms with Crippen molar-refractivity contribution < 1.29 is 9.18 Å². The van der Waals surface area contributed by atoms with Gasteiger partial charge >= 0.3 is 0 Å². The molecule has 0 N–H and O–H groups in total. The van der Waals surface area contributed by atoms with Gasteiger partial charge in [-0.25, -0.2) is 4.39 Å². The van der Waals surface area contributed by atoms with Gasteiger partial charge in [-0.2, -0.15) is 0 Å². The summed E-state index contributed by atoms with van der Waals surface area (Å²) in [4.78, 5) is 14.4. The number of allylic oxidation sites excluding steroid dienone is 1. The summed E-state index contributed by atoms with van der Waals surface area (Å²) in [6.45, 7) is 0. The summed E-state index contributed by atoms with van der Waals surface area (Å²) in [7, 11) is 3.73. The van der Waals surface area contributed by atoms with Crippen LogP contribution in [-0.4, -0.2) is 24.8 Å². The van der Waals surface area contributed by atoms with Crippen LogP contribution in [0.1, 0.15) is 27.4 Å². The standard InChI is InChI=1S/C18H16FNO/c1-20(2)11-14-16(12-7-4-3-5-8-12)13-9-6-10-15(19)17(13)18(14)21/h3-11,16H,1-2H3/b14-11-/t16-/m1/s1. The number of hydrogen-bond acceptors (Lipinski definition) is 2. The van der Waals surface area contributed by atoms with Gasteiger partial charge in [-0.3, -0.25) is 4.79 Å². The van der Waals surface area contributed by atoms with E-state index in [-0.39, 0.29) is 17.3 Å². The summed E-state index contributed by atoms with van der Waals surface area (Å²) >= 11 is 0. The van der Waals surface area contributed by atoms with Crippen LogP contribution in [0.15, 0.2) is 60.3 Å². The van der Waals surface area contributed by atoms with Crippen LogP contribution in [0.4, 0.5) is 4.39 Å². The van der Waals surface area contributed by atoms with Gasteiger partial charge in [0.15, 0.2) is 5.78 Å². The highest BCUT2D eigenvalue weighted by Crippen LogP contribution is 2.42. The van der Waals surface area contributed by atoms with Crippen molar-refractivity contribution in [3.63, 3.8) is 0 Å². The molecule has 0 amide bonds. The third kappa shape index (κ3) is 2.25.